The summed E-state index contributed by atoms with van der Waals surface area (Å²) in [5, 5.41) is 5.02. The fourth-order valence-electron chi connectivity index (χ4n) is 3.44. The first-order valence-electron chi connectivity index (χ1n) is 6.93. The number of nitrogens with one attached hydrogen (secondary N) is 1. The van der Waals surface area contributed by atoms with Crippen LogP contribution < -0.4 is 5.32 Å². The molecule has 96 valence electrons. The van der Waals surface area contributed by atoms with Crippen molar-refractivity contribution in [3.05, 3.63) is 35.5 Å². The van der Waals surface area contributed by atoms with Crippen molar-refractivity contribution in [1.82, 2.24) is 9.88 Å². The molecule has 1 aliphatic heterocycles. The van der Waals surface area contributed by atoms with Gasteiger partial charge in [-0.05, 0) is 43.4 Å². The molecule has 0 bridgehead atoms. The Bertz CT molecular complexity index is 568. The van der Waals surface area contributed by atoms with Gasteiger partial charge >= 0.3 is 0 Å². The summed E-state index contributed by atoms with van der Waals surface area (Å²) >= 11 is 0. The lowest BCUT2D eigenvalue weighted by Crippen LogP contribution is -2.34. The lowest BCUT2D eigenvalue weighted by molar-refractivity contribution is 0.364. The van der Waals surface area contributed by atoms with Crippen molar-refractivity contribution in [3.63, 3.8) is 0 Å². The Morgan fingerprint density at radius 3 is 2.78 bits per heavy atom. The molecule has 1 fully saturated rings. The molecule has 0 radical (unpaired) electrons. The third kappa shape index (κ3) is 1.76. The minimum absolute atomic E-state index is 0.667. The third-order valence-electron chi connectivity index (χ3n) is 4.43. The van der Waals surface area contributed by atoms with Crippen LogP contribution >= 0.6 is 0 Å². The summed E-state index contributed by atoms with van der Waals surface area (Å²) in [5.41, 5.74) is 4.35. The Balaban J connectivity index is 2.13. The van der Waals surface area contributed by atoms with Crippen LogP contribution in [0.15, 0.2) is 24.3 Å². The molecule has 1 N–H and O–H groups in total. The van der Waals surface area contributed by atoms with Gasteiger partial charge in [0.25, 0.3) is 0 Å². The van der Waals surface area contributed by atoms with Gasteiger partial charge in [-0.15, -0.1) is 0 Å². The summed E-state index contributed by atoms with van der Waals surface area (Å²) in [6, 6.07) is 8.79. The first kappa shape index (κ1) is 11.8. The molecular weight excluding hydrogens is 220 g/mol. The molecule has 3 rings (SSSR count). The highest BCUT2D eigenvalue weighted by Crippen LogP contribution is 2.35. The molecule has 2 heteroatoms. The van der Waals surface area contributed by atoms with Crippen molar-refractivity contribution in [3.8, 4) is 0 Å². The Kier molecular flexibility index (Phi) is 2.90. The number of piperidine rings is 1. The Hall–Kier alpha value is -1.28. The van der Waals surface area contributed by atoms with Crippen LogP contribution in [0.25, 0.3) is 10.9 Å². The van der Waals surface area contributed by atoms with E-state index in [0.29, 0.717) is 5.92 Å². The van der Waals surface area contributed by atoms with Gasteiger partial charge in [0.1, 0.15) is 0 Å². The van der Waals surface area contributed by atoms with Crippen LogP contribution in [0, 0.1) is 12.8 Å². The molecule has 2 unspecified atom stereocenters. The summed E-state index contributed by atoms with van der Waals surface area (Å²) in [5.74, 6) is 1.45. The van der Waals surface area contributed by atoms with E-state index in [1.165, 1.54) is 29.6 Å². The zero-order valence-corrected chi connectivity index (χ0v) is 11.5. The predicted octanol–water partition coefficient (Wildman–Crippen LogP) is 3.20. The van der Waals surface area contributed by atoms with Gasteiger partial charge in [0, 0.05) is 30.2 Å². The largest absolute Gasteiger partial charge is 0.348 e. The van der Waals surface area contributed by atoms with E-state index in [-0.39, 0.29) is 0 Å². The molecule has 2 nitrogen and oxygen atoms in total. The SMILES string of the molecule is Cc1c(C2CNCC(C)C2)c2ccccc2n1C. The highest BCUT2D eigenvalue weighted by atomic mass is 15.0. The zero-order chi connectivity index (χ0) is 12.7. The van der Waals surface area contributed by atoms with E-state index in [9.17, 15) is 0 Å². The Morgan fingerprint density at radius 2 is 2.00 bits per heavy atom. The highest BCUT2D eigenvalue weighted by molar-refractivity contribution is 5.86. The molecule has 2 aromatic rings. The van der Waals surface area contributed by atoms with Crippen LogP contribution in [0.3, 0.4) is 0 Å². The Morgan fingerprint density at radius 1 is 1.22 bits per heavy atom. The number of aryl methyl sites for hydroxylation is 1. The monoisotopic (exact) mass is 242 g/mol. The number of hydrogen-bond donors (Lipinski definition) is 1. The van der Waals surface area contributed by atoms with E-state index in [4.69, 9.17) is 0 Å². The number of aromatic nitrogens is 1. The van der Waals surface area contributed by atoms with Crippen molar-refractivity contribution in [2.45, 2.75) is 26.2 Å². The fraction of sp³-hybridized carbons (Fsp3) is 0.500. The summed E-state index contributed by atoms with van der Waals surface area (Å²) < 4.78 is 2.34. The topological polar surface area (TPSA) is 17.0 Å². The zero-order valence-electron chi connectivity index (χ0n) is 11.5. The lowest BCUT2D eigenvalue weighted by atomic mass is 9.85. The van der Waals surface area contributed by atoms with Crippen molar-refractivity contribution in [2.24, 2.45) is 13.0 Å². The van der Waals surface area contributed by atoms with Gasteiger partial charge in [-0.1, -0.05) is 25.1 Å². The molecule has 18 heavy (non-hydrogen) atoms. The van der Waals surface area contributed by atoms with Gasteiger partial charge in [-0.2, -0.15) is 0 Å². The summed E-state index contributed by atoms with van der Waals surface area (Å²) in [4.78, 5) is 0. The summed E-state index contributed by atoms with van der Waals surface area (Å²) in [6.45, 7) is 6.90. The van der Waals surface area contributed by atoms with E-state index in [2.05, 4.69) is 55.0 Å². The molecule has 1 aromatic heterocycles. The first-order valence-corrected chi connectivity index (χ1v) is 6.93. The van der Waals surface area contributed by atoms with Gasteiger partial charge in [0.05, 0.1) is 0 Å². The molecule has 0 aliphatic carbocycles. The molecule has 2 heterocycles. The van der Waals surface area contributed by atoms with E-state index in [1.54, 1.807) is 5.56 Å². The second kappa shape index (κ2) is 4.43. The van der Waals surface area contributed by atoms with Gasteiger partial charge in [-0.3, -0.25) is 0 Å². The maximum Gasteiger partial charge on any atom is 0.0482 e. The average molecular weight is 242 g/mol. The minimum Gasteiger partial charge on any atom is -0.348 e. The van der Waals surface area contributed by atoms with E-state index in [0.717, 1.165) is 12.5 Å². The first-order chi connectivity index (χ1) is 8.68. The molecule has 1 aromatic carbocycles. The van der Waals surface area contributed by atoms with Crippen LogP contribution in [0.4, 0.5) is 0 Å². The molecule has 0 saturated carbocycles. The maximum absolute atomic E-state index is 3.57. The van der Waals surface area contributed by atoms with Crippen molar-refractivity contribution in [1.29, 1.82) is 0 Å². The van der Waals surface area contributed by atoms with Gasteiger partial charge in [0.15, 0.2) is 0 Å². The second-order valence-electron chi connectivity index (χ2n) is 5.77. The van der Waals surface area contributed by atoms with E-state index in [1.807, 2.05) is 0 Å². The number of nitrogens with zero attached hydrogens (tertiary/aromatic N) is 1. The van der Waals surface area contributed by atoms with Crippen molar-refractivity contribution in [2.75, 3.05) is 13.1 Å². The van der Waals surface area contributed by atoms with Gasteiger partial charge < -0.3 is 9.88 Å². The number of rotatable bonds is 1. The highest BCUT2D eigenvalue weighted by Gasteiger charge is 2.25. The van der Waals surface area contributed by atoms with Gasteiger partial charge in [-0.25, -0.2) is 0 Å². The average Bonchev–Trinajstić information content (AvgIpc) is 2.63. The number of hydrogen-bond acceptors (Lipinski definition) is 1. The number of para-hydroxylation sites is 1. The quantitative estimate of drug-likeness (QED) is 0.812. The minimum atomic E-state index is 0.667. The molecule has 2 atom stereocenters. The summed E-state index contributed by atoms with van der Waals surface area (Å²) in [6.07, 6.45) is 1.31. The van der Waals surface area contributed by atoms with Crippen LogP contribution in [-0.4, -0.2) is 17.7 Å². The third-order valence-corrected chi connectivity index (χ3v) is 4.43. The lowest BCUT2D eigenvalue weighted by Gasteiger charge is -2.28. The Labute approximate surface area is 109 Å². The van der Waals surface area contributed by atoms with Crippen molar-refractivity contribution < 1.29 is 0 Å². The second-order valence-corrected chi connectivity index (χ2v) is 5.77. The molecular formula is C16H22N2. The molecule has 1 aliphatic rings. The van der Waals surface area contributed by atoms with E-state index < -0.39 is 0 Å². The number of fused-ring (bicyclic) bond motifs is 1. The number of benzene rings is 1. The molecule has 0 amide bonds. The van der Waals surface area contributed by atoms with Crippen LogP contribution in [0.5, 0.6) is 0 Å². The standard InChI is InChI=1S/C16H22N2/c1-11-8-13(10-17-9-11)16-12(2)18(3)15-7-5-4-6-14(15)16/h4-7,11,13,17H,8-10H2,1-3H3. The fourth-order valence-corrected chi connectivity index (χ4v) is 3.44. The van der Waals surface area contributed by atoms with Gasteiger partial charge in [0.2, 0.25) is 0 Å². The maximum atomic E-state index is 3.57. The van der Waals surface area contributed by atoms with Crippen LogP contribution in [0.2, 0.25) is 0 Å². The normalized spacial score (nSPS) is 24.6. The van der Waals surface area contributed by atoms with Crippen molar-refractivity contribution >= 4 is 10.9 Å². The predicted molar refractivity (Wildman–Crippen MR) is 77.0 cm³/mol. The molecule has 1 saturated heterocycles. The summed E-state index contributed by atoms with van der Waals surface area (Å²) in [7, 11) is 2.18. The smallest absolute Gasteiger partial charge is 0.0482 e. The van der Waals surface area contributed by atoms with Crippen LogP contribution in [0.1, 0.15) is 30.5 Å². The van der Waals surface area contributed by atoms with E-state index >= 15 is 0 Å². The molecule has 0 spiro atoms. The van der Waals surface area contributed by atoms with Crippen LogP contribution in [-0.2, 0) is 7.05 Å².